The third kappa shape index (κ3) is 1.22. The Hall–Kier alpha value is -1.82. The van der Waals surface area contributed by atoms with Gasteiger partial charge in [0.2, 0.25) is 0 Å². The maximum atomic E-state index is 9.57. The van der Waals surface area contributed by atoms with Gasteiger partial charge in [-0.05, 0) is 31.1 Å². The molecule has 2 bridgehead atoms. The van der Waals surface area contributed by atoms with Gasteiger partial charge in [-0.3, -0.25) is 0 Å². The molecule has 0 spiro atoms. The number of alkyl halides is 1. The molecule has 0 aromatic carbocycles. The Morgan fingerprint density at radius 2 is 1.55 bits per heavy atom. The van der Waals surface area contributed by atoms with Crippen LogP contribution in [0, 0.1) is 68.0 Å². The summed E-state index contributed by atoms with van der Waals surface area (Å²) in [4.78, 5) is -0.511. The summed E-state index contributed by atoms with van der Waals surface area (Å²) < 4.78 is 0. The third-order valence-corrected chi connectivity index (χ3v) is 6.43. The number of nitrogens with zero attached hydrogens (tertiary/aromatic N) is 4. The molecular weight excluding hydrogens is 316 g/mol. The fraction of sp³-hybridized carbons (Fsp3) is 0.600. The van der Waals surface area contributed by atoms with E-state index in [2.05, 4.69) is 15.9 Å². The first-order valence-corrected chi connectivity index (χ1v) is 7.52. The maximum Gasteiger partial charge on any atom is 0.191 e. The highest BCUT2D eigenvalue weighted by atomic mass is 79.9. The van der Waals surface area contributed by atoms with Crippen LogP contribution in [0.15, 0.2) is 11.1 Å². The van der Waals surface area contributed by atoms with Gasteiger partial charge in [0.15, 0.2) is 10.8 Å². The molecule has 5 heteroatoms. The predicted octanol–water partition coefficient (Wildman–Crippen LogP) is 2.95. The molecule has 0 saturated heterocycles. The Kier molecular flexibility index (Phi) is 2.69. The van der Waals surface area contributed by atoms with Gasteiger partial charge in [0, 0.05) is 6.42 Å². The third-order valence-electron chi connectivity index (χ3n) is 5.25. The first-order chi connectivity index (χ1) is 9.59. The molecule has 3 aliphatic carbocycles. The van der Waals surface area contributed by atoms with Crippen LogP contribution >= 0.6 is 15.9 Å². The minimum absolute atomic E-state index is 0.250. The minimum Gasteiger partial charge on any atom is -0.196 e. The number of allylic oxidation sites excluding steroid dienone is 2. The van der Waals surface area contributed by atoms with Crippen molar-refractivity contribution in [2.45, 2.75) is 30.5 Å². The summed E-state index contributed by atoms with van der Waals surface area (Å²) in [5, 5.41) is 38.2. The van der Waals surface area contributed by atoms with E-state index in [9.17, 15) is 21.0 Å². The second-order valence-electron chi connectivity index (χ2n) is 5.89. The summed E-state index contributed by atoms with van der Waals surface area (Å²) in [6.45, 7) is 0. The number of nitriles is 4. The van der Waals surface area contributed by atoms with Gasteiger partial charge in [0.25, 0.3) is 0 Å². The van der Waals surface area contributed by atoms with E-state index < -0.39 is 15.7 Å². The fourth-order valence-corrected chi connectivity index (χ4v) is 5.44. The van der Waals surface area contributed by atoms with Crippen LogP contribution in [0.25, 0.3) is 0 Å². The molecule has 20 heavy (non-hydrogen) atoms. The second-order valence-corrected chi connectivity index (χ2v) is 6.80. The van der Waals surface area contributed by atoms with Crippen LogP contribution in [-0.2, 0) is 0 Å². The molecule has 0 heterocycles. The molecule has 0 aromatic heterocycles. The molecule has 0 aromatic rings. The maximum absolute atomic E-state index is 9.57. The van der Waals surface area contributed by atoms with Crippen LogP contribution in [0.5, 0.6) is 0 Å². The van der Waals surface area contributed by atoms with Crippen molar-refractivity contribution >= 4 is 15.9 Å². The van der Waals surface area contributed by atoms with Crippen molar-refractivity contribution in [1.82, 2.24) is 0 Å². The molecule has 3 atom stereocenters. The van der Waals surface area contributed by atoms with Gasteiger partial charge in [0.05, 0.1) is 29.1 Å². The van der Waals surface area contributed by atoms with Crippen LogP contribution < -0.4 is 0 Å². The van der Waals surface area contributed by atoms with E-state index in [1.54, 1.807) is 0 Å². The van der Waals surface area contributed by atoms with Gasteiger partial charge in [-0.25, -0.2) is 0 Å². The van der Waals surface area contributed by atoms with E-state index in [0.717, 1.165) is 30.4 Å². The normalized spacial score (nSPS) is 35.4. The zero-order valence-corrected chi connectivity index (χ0v) is 12.3. The van der Waals surface area contributed by atoms with Crippen LogP contribution in [0.4, 0.5) is 0 Å². The molecule has 0 N–H and O–H groups in total. The Bertz CT molecular complexity index is 651. The topological polar surface area (TPSA) is 95.2 Å². The molecule has 0 amide bonds. The number of hydrogen-bond acceptors (Lipinski definition) is 4. The Morgan fingerprint density at radius 1 is 0.950 bits per heavy atom. The van der Waals surface area contributed by atoms with Crippen LogP contribution in [-0.4, -0.2) is 4.83 Å². The van der Waals surface area contributed by atoms with E-state index in [1.807, 2.05) is 24.3 Å². The SMILES string of the molecule is N#CC1(C#N)CC2=C([C@H]3CC[C@@H]2C3)[C@@H](Br)C1(C#N)C#N. The zero-order chi connectivity index (χ0) is 14.5. The van der Waals surface area contributed by atoms with Gasteiger partial charge in [-0.1, -0.05) is 27.1 Å². The lowest BCUT2D eigenvalue weighted by Gasteiger charge is -2.43. The van der Waals surface area contributed by atoms with Gasteiger partial charge >= 0.3 is 0 Å². The van der Waals surface area contributed by atoms with Crippen molar-refractivity contribution in [1.29, 1.82) is 21.0 Å². The van der Waals surface area contributed by atoms with Crippen molar-refractivity contribution in [3.05, 3.63) is 11.1 Å². The van der Waals surface area contributed by atoms with E-state index in [1.165, 1.54) is 0 Å². The summed E-state index contributed by atoms with van der Waals surface area (Å²) in [7, 11) is 0. The highest BCUT2D eigenvalue weighted by molar-refractivity contribution is 9.09. The monoisotopic (exact) mass is 326 g/mol. The lowest BCUT2D eigenvalue weighted by Crippen LogP contribution is -2.49. The standard InChI is InChI=1S/C15H11BrN4/c16-13-12-10-2-1-9(3-10)11(12)4-14(5-17,6-18)15(13,7-19)8-20/h9-10,13H,1-4H2/t9-,10+,13-/m1/s1. The van der Waals surface area contributed by atoms with E-state index in [0.29, 0.717) is 11.8 Å². The van der Waals surface area contributed by atoms with Gasteiger partial charge in [-0.2, -0.15) is 21.0 Å². The Balaban J connectivity index is 2.26. The van der Waals surface area contributed by atoms with Gasteiger partial charge in [0.1, 0.15) is 0 Å². The van der Waals surface area contributed by atoms with Crippen molar-refractivity contribution in [3.63, 3.8) is 0 Å². The highest BCUT2D eigenvalue weighted by Gasteiger charge is 2.65. The van der Waals surface area contributed by atoms with Crippen molar-refractivity contribution in [2.75, 3.05) is 0 Å². The van der Waals surface area contributed by atoms with E-state index >= 15 is 0 Å². The molecule has 0 unspecified atom stereocenters. The molecule has 98 valence electrons. The summed E-state index contributed by atoms with van der Waals surface area (Å²) in [6.07, 6.45) is 3.49. The first-order valence-electron chi connectivity index (χ1n) is 6.61. The van der Waals surface area contributed by atoms with Crippen molar-refractivity contribution in [2.24, 2.45) is 22.7 Å². The molecular formula is C15H11BrN4. The van der Waals surface area contributed by atoms with Crippen LogP contribution in [0.2, 0.25) is 0 Å². The predicted molar refractivity (Wildman–Crippen MR) is 72.5 cm³/mol. The highest BCUT2D eigenvalue weighted by Crippen LogP contribution is 2.63. The summed E-state index contributed by atoms with van der Waals surface area (Å²) in [5.41, 5.74) is -0.911. The van der Waals surface area contributed by atoms with E-state index in [4.69, 9.17) is 0 Å². The summed E-state index contributed by atoms with van der Waals surface area (Å²) >= 11 is 3.49. The molecule has 4 nitrogen and oxygen atoms in total. The zero-order valence-electron chi connectivity index (χ0n) is 10.7. The summed E-state index contributed by atoms with van der Waals surface area (Å²) in [5.74, 6) is 0.849. The Morgan fingerprint density at radius 3 is 2.10 bits per heavy atom. The lowest BCUT2D eigenvalue weighted by molar-refractivity contribution is 0.269. The minimum atomic E-state index is -1.63. The fourth-order valence-electron chi connectivity index (χ4n) is 4.18. The molecule has 0 aliphatic heterocycles. The number of hydrogen-bond donors (Lipinski definition) is 0. The second kappa shape index (κ2) is 4.09. The van der Waals surface area contributed by atoms with Gasteiger partial charge in [-0.15, -0.1) is 0 Å². The van der Waals surface area contributed by atoms with Crippen molar-refractivity contribution in [3.8, 4) is 24.3 Å². The number of rotatable bonds is 0. The molecule has 1 fully saturated rings. The number of halogens is 1. The number of fused-ring (bicyclic) bond motifs is 4. The first kappa shape index (κ1) is 13.2. The smallest absolute Gasteiger partial charge is 0.191 e. The van der Waals surface area contributed by atoms with Crippen LogP contribution in [0.1, 0.15) is 25.7 Å². The Labute approximate surface area is 126 Å². The van der Waals surface area contributed by atoms with Gasteiger partial charge < -0.3 is 0 Å². The molecule has 0 radical (unpaired) electrons. The van der Waals surface area contributed by atoms with Crippen molar-refractivity contribution < 1.29 is 0 Å². The largest absolute Gasteiger partial charge is 0.196 e. The van der Waals surface area contributed by atoms with E-state index in [-0.39, 0.29) is 6.42 Å². The molecule has 3 rings (SSSR count). The average molecular weight is 327 g/mol. The quantitative estimate of drug-likeness (QED) is 0.505. The molecule has 1 saturated carbocycles. The molecule has 3 aliphatic rings. The lowest BCUT2D eigenvalue weighted by atomic mass is 9.55. The summed E-state index contributed by atoms with van der Waals surface area (Å²) in [6, 6.07) is 7.97. The van der Waals surface area contributed by atoms with Crippen LogP contribution in [0.3, 0.4) is 0 Å². The average Bonchev–Trinajstić information content (AvgIpc) is 3.08.